The van der Waals surface area contributed by atoms with Crippen molar-refractivity contribution in [2.45, 2.75) is 38.8 Å². The van der Waals surface area contributed by atoms with Crippen molar-refractivity contribution in [2.75, 3.05) is 0 Å². The summed E-state index contributed by atoms with van der Waals surface area (Å²) in [7, 11) is -7.63. The van der Waals surface area contributed by atoms with Crippen LogP contribution in [0.15, 0.2) is 0 Å². The second kappa shape index (κ2) is 5.20. The molecule has 80 valence electrons. The van der Waals surface area contributed by atoms with Gasteiger partial charge in [0.05, 0.1) is 0 Å². The maximum Gasteiger partial charge on any atom is 0.488 e. The summed E-state index contributed by atoms with van der Waals surface area (Å²) in [5.74, 6) is 0. The normalized spacial score (nSPS) is 13.4. The molecule has 4 N–H and O–H groups in total. The molecule has 0 unspecified atom stereocenters. The molecule has 0 aromatic heterocycles. The van der Waals surface area contributed by atoms with E-state index in [0.717, 1.165) is 0 Å². The van der Waals surface area contributed by atoms with Crippen LogP contribution in [-0.2, 0) is 4.12 Å². The lowest BCUT2D eigenvalue weighted by atomic mass is 10.6. The van der Waals surface area contributed by atoms with Gasteiger partial charge in [0.1, 0.15) is 0 Å². The Morgan fingerprint density at radius 3 is 1.38 bits per heavy atom. The van der Waals surface area contributed by atoms with Crippen LogP contribution in [0.5, 0.6) is 0 Å². The van der Waals surface area contributed by atoms with Gasteiger partial charge in [0.25, 0.3) is 0 Å². The average molecular weight is 226 g/mol. The van der Waals surface area contributed by atoms with Crippen LogP contribution in [0.4, 0.5) is 0 Å². The van der Waals surface area contributed by atoms with E-state index in [-0.39, 0.29) is 12.1 Å². The lowest BCUT2D eigenvalue weighted by Gasteiger charge is -2.25. The fourth-order valence-corrected chi connectivity index (χ4v) is 5.23. The summed E-state index contributed by atoms with van der Waals surface area (Å²) in [5, 5.41) is 0. The summed E-state index contributed by atoms with van der Waals surface area (Å²) in [5.41, 5.74) is 0. The van der Waals surface area contributed by atoms with Crippen molar-refractivity contribution < 1.29 is 23.3 Å². The van der Waals surface area contributed by atoms with E-state index in [1.165, 1.54) is 0 Å². The van der Waals surface area contributed by atoms with Crippen molar-refractivity contribution in [3.05, 3.63) is 0 Å². The molecule has 0 spiro atoms. The number of hydrogen-bond acceptors (Lipinski definition) is 5. The molecule has 0 aliphatic heterocycles. The summed E-state index contributed by atoms with van der Waals surface area (Å²) in [6.07, 6.45) is 1.10. The van der Waals surface area contributed by atoms with Gasteiger partial charge in [0.15, 0.2) is 0 Å². The largest absolute Gasteiger partial charge is 0.488 e. The highest BCUT2D eigenvalue weighted by molar-refractivity contribution is 6.72. The van der Waals surface area contributed by atoms with Crippen LogP contribution in [-0.4, -0.2) is 36.8 Å². The molecule has 0 heterocycles. The highest BCUT2D eigenvalue weighted by Gasteiger charge is 2.43. The Morgan fingerprint density at radius 1 is 0.846 bits per heavy atom. The third-order valence-electron chi connectivity index (χ3n) is 1.48. The molecule has 0 amide bonds. The van der Waals surface area contributed by atoms with Gasteiger partial charge >= 0.3 is 17.6 Å². The SMILES string of the molecule is CCC[Si](O)(O)O[Si](O)(O)CCC. The number of hydrogen-bond donors (Lipinski definition) is 4. The maximum absolute atomic E-state index is 9.26. The molecule has 0 aromatic rings. The van der Waals surface area contributed by atoms with E-state index in [0.29, 0.717) is 12.8 Å². The van der Waals surface area contributed by atoms with Crippen molar-refractivity contribution in [3.8, 4) is 0 Å². The first-order chi connectivity index (χ1) is 5.83. The van der Waals surface area contributed by atoms with Crippen molar-refractivity contribution >= 4 is 17.6 Å². The fourth-order valence-electron chi connectivity index (χ4n) is 1.02. The van der Waals surface area contributed by atoms with Gasteiger partial charge in [0, 0.05) is 12.1 Å². The Balaban J connectivity index is 4.07. The minimum atomic E-state index is -3.81. The van der Waals surface area contributed by atoms with Crippen LogP contribution in [0.3, 0.4) is 0 Å². The van der Waals surface area contributed by atoms with E-state index >= 15 is 0 Å². The molecule has 0 aliphatic rings. The van der Waals surface area contributed by atoms with Crippen LogP contribution in [0.2, 0.25) is 12.1 Å². The van der Waals surface area contributed by atoms with Gasteiger partial charge < -0.3 is 23.3 Å². The first kappa shape index (κ1) is 13.2. The van der Waals surface area contributed by atoms with Gasteiger partial charge in [-0.25, -0.2) is 0 Å². The highest BCUT2D eigenvalue weighted by Crippen LogP contribution is 2.15. The molecular formula is C6H18O5Si2. The monoisotopic (exact) mass is 226 g/mol. The fraction of sp³-hybridized carbons (Fsp3) is 1.00. The van der Waals surface area contributed by atoms with E-state index in [1.54, 1.807) is 13.8 Å². The van der Waals surface area contributed by atoms with Crippen LogP contribution in [0.25, 0.3) is 0 Å². The van der Waals surface area contributed by atoms with Gasteiger partial charge in [-0.2, -0.15) is 0 Å². The Morgan fingerprint density at radius 2 is 1.15 bits per heavy atom. The zero-order valence-corrected chi connectivity index (χ0v) is 10.0. The Labute approximate surface area is 80.4 Å². The first-order valence-electron chi connectivity index (χ1n) is 4.42. The second-order valence-electron chi connectivity index (χ2n) is 3.09. The van der Waals surface area contributed by atoms with E-state index in [2.05, 4.69) is 4.12 Å². The smallest absolute Gasteiger partial charge is 0.390 e. The van der Waals surface area contributed by atoms with E-state index in [9.17, 15) is 19.2 Å². The summed E-state index contributed by atoms with van der Waals surface area (Å²) < 4.78 is 4.61. The molecule has 5 nitrogen and oxygen atoms in total. The highest BCUT2D eigenvalue weighted by atomic mass is 28.5. The van der Waals surface area contributed by atoms with Crippen LogP contribution < -0.4 is 0 Å². The van der Waals surface area contributed by atoms with Crippen molar-refractivity contribution in [2.24, 2.45) is 0 Å². The van der Waals surface area contributed by atoms with Gasteiger partial charge in [-0.15, -0.1) is 0 Å². The van der Waals surface area contributed by atoms with Crippen molar-refractivity contribution in [1.82, 2.24) is 0 Å². The molecule has 0 radical (unpaired) electrons. The molecule has 13 heavy (non-hydrogen) atoms. The molecule has 0 aromatic carbocycles. The summed E-state index contributed by atoms with van der Waals surface area (Å²) in [6.45, 7) is 3.55. The summed E-state index contributed by atoms with van der Waals surface area (Å²) in [4.78, 5) is 37.1. The maximum atomic E-state index is 9.26. The Hall–Kier alpha value is 0.234. The molecule has 0 aliphatic carbocycles. The van der Waals surface area contributed by atoms with Crippen molar-refractivity contribution in [3.63, 3.8) is 0 Å². The van der Waals surface area contributed by atoms with E-state index in [4.69, 9.17) is 0 Å². The standard InChI is InChI=1S/C6H18O5Si2/c1-3-5-12(7,8)11-13(9,10)6-4-2/h7-10H,3-6H2,1-2H3. The quantitative estimate of drug-likeness (QED) is 0.466. The minimum Gasteiger partial charge on any atom is -0.390 e. The van der Waals surface area contributed by atoms with E-state index in [1.807, 2.05) is 0 Å². The Kier molecular flexibility index (Phi) is 5.29. The molecule has 7 heteroatoms. The topological polar surface area (TPSA) is 90.2 Å². The third kappa shape index (κ3) is 6.32. The van der Waals surface area contributed by atoms with Crippen LogP contribution in [0, 0.1) is 0 Å². The van der Waals surface area contributed by atoms with Crippen molar-refractivity contribution in [1.29, 1.82) is 0 Å². The molecule has 0 saturated carbocycles. The second-order valence-corrected chi connectivity index (χ2v) is 7.88. The predicted octanol–water partition coefficient (Wildman–Crippen LogP) is -0.330. The van der Waals surface area contributed by atoms with E-state index < -0.39 is 17.6 Å². The molecule has 0 atom stereocenters. The molecule has 0 rings (SSSR count). The lowest BCUT2D eigenvalue weighted by Crippen LogP contribution is -2.52. The van der Waals surface area contributed by atoms with Gasteiger partial charge in [0.2, 0.25) is 0 Å². The zero-order valence-electron chi connectivity index (χ0n) is 8.03. The summed E-state index contributed by atoms with van der Waals surface area (Å²) in [6, 6.07) is 0.208. The minimum absolute atomic E-state index is 0.104. The van der Waals surface area contributed by atoms with Crippen LogP contribution >= 0.6 is 0 Å². The number of rotatable bonds is 6. The zero-order chi connectivity index (χ0) is 10.5. The predicted molar refractivity (Wildman–Crippen MR) is 51.7 cm³/mol. The molecular weight excluding hydrogens is 208 g/mol. The van der Waals surface area contributed by atoms with Crippen LogP contribution in [0.1, 0.15) is 26.7 Å². The Bertz CT molecular complexity index is 134. The molecule has 0 bridgehead atoms. The molecule has 0 fully saturated rings. The summed E-state index contributed by atoms with van der Waals surface area (Å²) >= 11 is 0. The lowest BCUT2D eigenvalue weighted by molar-refractivity contribution is 0.154. The first-order valence-corrected chi connectivity index (χ1v) is 8.44. The van der Waals surface area contributed by atoms with Gasteiger partial charge in [-0.3, -0.25) is 0 Å². The van der Waals surface area contributed by atoms with Gasteiger partial charge in [-0.1, -0.05) is 26.7 Å². The average Bonchev–Trinajstić information content (AvgIpc) is 1.82. The third-order valence-corrected chi connectivity index (χ3v) is 6.40. The molecule has 0 saturated heterocycles. The van der Waals surface area contributed by atoms with Gasteiger partial charge in [-0.05, 0) is 0 Å².